The number of aromatic hydroxyl groups is 1. The highest BCUT2D eigenvalue weighted by atomic mass is 28.3. The number of phenolic OH excluding ortho intramolecular Hbond substituents is 1. The number of pyridine rings is 1. The van der Waals surface area contributed by atoms with Crippen LogP contribution in [0, 0.1) is 0 Å². The summed E-state index contributed by atoms with van der Waals surface area (Å²) in [7, 11) is -1.72. The van der Waals surface area contributed by atoms with Gasteiger partial charge in [-0.25, -0.2) is 4.98 Å². The van der Waals surface area contributed by atoms with Crippen molar-refractivity contribution in [2.75, 3.05) is 0 Å². The van der Waals surface area contributed by atoms with Crippen LogP contribution in [0.2, 0.25) is 19.6 Å². The van der Waals surface area contributed by atoms with Gasteiger partial charge < -0.3 is 9.52 Å². The first-order valence-corrected chi connectivity index (χ1v) is 18.5. The predicted molar refractivity (Wildman–Crippen MR) is 180 cm³/mol. The van der Waals surface area contributed by atoms with Crippen LogP contribution >= 0.6 is 0 Å². The highest BCUT2D eigenvalue weighted by molar-refractivity contribution is 6.88. The first kappa shape index (κ1) is 29.8. The maximum atomic E-state index is 11.4. The van der Waals surface area contributed by atoms with Gasteiger partial charge in [0.25, 0.3) is 0 Å². The molecule has 0 saturated heterocycles. The summed E-state index contributed by atoms with van der Waals surface area (Å²) in [4.78, 5) is 9.78. The van der Waals surface area contributed by atoms with Gasteiger partial charge in [0.15, 0.2) is 5.58 Å². The van der Waals surface area contributed by atoms with E-state index < -0.39 is 8.07 Å². The molecule has 42 heavy (non-hydrogen) atoms. The third-order valence-electron chi connectivity index (χ3n) is 8.11. The number of fused-ring (bicyclic) bond motifs is 1. The Balaban J connectivity index is 1.82. The predicted octanol–water partition coefficient (Wildman–Crippen LogP) is 10.0. The molecule has 0 bridgehead atoms. The zero-order valence-electron chi connectivity index (χ0n) is 26.8. The van der Waals surface area contributed by atoms with E-state index in [1.807, 2.05) is 24.4 Å². The fourth-order valence-electron chi connectivity index (χ4n) is 5.31. The fraction of sp³-hybridized carbons (Fsp3) is 0.351. The van der Waals surface area contributed by atoms with Crippen molar-refractivity contribution in [2.45, 2.75) is 85.4 Å². The molecule has 218 valence electrons. The minimum Gasteiger partial charge on any atom is -0.507 e. The Kier molecular flexibility index (Phi) is 7.69. The lowest BCUT2D eigenvalue weighted by molar-refractivity contribution is 0.463. The van der Waals surface area contributed by atoms with E-state index in [2.05, 4.69) is 116 Å². The van der Waals surface area contributed by atoms with Crippen molar-refractivity contribution in [3.63, 3.8) is 0 Å². The topological polar surface area (TPSA) is 59.2 Å². The summed E-state index contributed by atoms with van der Waals surface area (Å²) in [5, 5.41) is 12.7. The van der Waals surface area contributed by atoms with Crippen molar-refractivity contribution in [1.82, 2.24) is 9.97 Å². The highest BCUT2D eigenvalue weighted by Crippen LogP contribution is 2.41. The minimum atomic E-state index is -1.72. The first-order valence-electron chi connectivity index (χ1n) is 15.0. The van der Waals surface area contributed by atoms with Crippen LogP contribution in [-0.4, -0.2) is 23.1 Å². The molecule has 1 N–H and O–H groups in total. The number of hydrogen-bond donors (Lipinski definition) is 1. The number of aromatic nitrogens is 2. The molecule has 5 rings (SSSR count). The molecule has 2 aromatic heterocycles. The second-order valence-corrected chi connectivity index (χ2v) is 19.3. The van der Waals surface area contributed by atoms with Crippen molar-refractivity contribution < 1.29 is 9.52 Å². The molecular formula is C37H44N2O2Si. The fourth-order valence-corrected chi connectivity index (χ4v) is 6.45. The summed E-state index contributed by atoms with van der Waals surface area (Å²) >= 11 is 0. The van der Waals surface area contributed by atoms with E-state index in [4.69, 9.17) is 9.40 Å². The van der Waals surface area contributed by atoms with E-state index >= 15 is 0 Å². The normalized spacial score (nSPS) is 12.6. The molecule has 0 aliphatic carbocycles. The summed E-state index contributed by atoms with van der Waals surface area (Å²) in [5.41, 5.74) is 9.64. The minimum absolute atomic E-state index is 0.0552. The molecule has 0 radical (unpaired) electrons. The average molecular weight is 577 g/mol. The van der Waals surface area contributed by atoms with Crippen LogP contribution in [0.25, 0.3) is 44.9 Å². The molecule has 5 heteroatoms. The molecule has 0 aliphatic rings. The average Bonchev–Trinajstić information content (AvgIpc) is 3.35. The van der Waals surface area contributed by atoms with Gasteiger partial charge >= 0.3 is 0 Å². The highest BCUT2D eigenvalue weighted by Gasteiger charge is 2.25. The van der Waals surface area contributed by atoms with Crippen LogP contribution < -0.4 is 5.19 Å². The van der Waals surface area contributed by atoms with Crippen LogP contribution in [0.4, 0.5) is 0 Å². The Bertz CT molecular complexity index is 1750. The Hall–Kier alpha value is -3.70. The first-order chi connectivity index (χ1) is 19.6. The van der Waals surface area contributed by atoms with E-state index in [0.29, 0.717) is 17.4 Å². The van der Waals surface area contributed by atoms with Gasteiger partial charge in [-0.15, -0.1) is 0 Å². The summed E-state index contributed by atoms with van der Waals surface area (Å²) in [5.74, 6) is 1.19. The second kappa shape index (κ2) is 10.8. The lowest BCUT2D eigenvalue weighted by atomic mass is 9.83. The Morgan fingerprint density at radius 1 is 0.810 bits per heavy atom. The molecule has 3 aromatic carbocycles. The number of nitrogens with zero attached hydrogens (tertiary/aromatic N) is 2. The SMILES string of the molecule is CC(C)c1cc(-c2nc3c(-c4cc(-c5ccccn5)cc(C(C)(C)C)c4)cc([Si](C)(C)C)cc3o2)c(O)c(C(C)C)c1. The summed E-state index contributed by atoms with van der Waals surface area (Å²) in [6.07, 6.45) is 1.84. The van der Waals surface area contributed by atoms with Gasteiger partial charge in [0.05, 0.1) is 19.3 Å². The smallest absolute Gasteiger partial charge is 0.231 e. The maximum absolute atomic E-state index is 11.4. The Labute approximate surface area is 251 Å². The molecule has 0 spiro atoms. The standard InChI is InChI=1S/C37H44N2O2Si/c1-22(2)24-18-29(23(3)4)35(40)31(19-24)36-39-34-30(20-28(42(8,9)10)21-33(34)41-36)25-15-26(32-13-11-12-14-38-32)17-27(16-25)37(5,6)7/h11-23,40H,1-10H3. The quantitative estimate of drug-likeness (QED) is 0.204. The van der Waals surface area contributed by atoms with Crippen LogP contribution in [0.5, 0.6) is 5.75 Å². The van der Waals surface area contributed by atoms with E-state index in [0.717, 1.165) is 44.6 Å². The summed E-state index contributed by atoms with van der Waals surface area (Å²) < 4.78 is 6.55. The molecule has 0 unspecified atom stereocenters. The van der Waals surface area contributed by atoms with Gasteiger partial charge in [0.1, 0.15) is 11.3 Å². The maximum Gasteiger partial charge on any atom is 0.231 e. The zero-order valence-corrected chi connectivity index (χ0v) is 27.8. The molecule has 0 saturated carbocycles. The Morgan fingerprint density at radius 3 is 2.12 bits per heavy atom. The van der Waals surface area contributed by atoms with Gasteiger partial charge in [-0.3, -0.25) is 4.98 Å². The van der Waals surface area contributed by atoms with Crippen molar-refractivity contribution in [3.05, 3.63) is 83.6 Å². The van der Waals surface area contributed by atoms with Crippen molar-refractivity contribution >= 4 is 24.4 Å². The lowest BCUT2D eigenvalue weighted by Gasteiger charge is -2.22. The van der Waals surface area contributed by atoms with Gasteiger partial charge in [0, 0.05) is 17.3 Å². The summed E-state index contributed by atoms with van der Waals surface area (Å²) in [6, 6.07) is 21.4. The molecule has 2 heterocycles. The number of benzene rings is 3. The monoisotopic (exact) mass is 576 g/mol. The van der Waals surface area contributed by atoms with Crippen LogP contribution in [0.3, 0.4) is 0 Å². The van der Waals surface area contributed by atoms with Gasteiger partial charge in [-0.1, -0.05) is 97.6 Å². The van der Waals surface area contributed by atoms with Crippen molar-refractivity contribution in [2.24, 2.45) is 0 Å². The molecular weight excluding hydrogens is 533 g/mol. The molecule has 0 atom stereocenters. The van der Waals surface area contributed by atoms with Crippen molar-refractivity contribution in [3.8, 4) is 39.6 Å². The molecule has 0 fully saturated rings. The van der Waals surface area contributed by atoms with E-state index in [-0.39, 0.29) is 17.1 Å². The molecule has 0 aliphatic heterocycles. The van der Waals surface area contributed by atoms with Gasteiger partial charge in [0.2, 0.25) is 5.89 Å². The zero-order chi connectivity index (χ0) is 30.6. The van der Waals surface area contributed by atoms with E-state index in [1.54, 1.807) is 0 Å². The number of phenols is 1. The van der Waals surface area contributed by atoms with Crippen molar-refractivity contribution in [1.29, 1.82) is 0 Å². The van der Waals surface area contributed by atoms with E-state index in [9.17, 15) is 5.11 Å². The third kappa shape index (κ3) is 5.80. The third-order valence-corrected chi connectivity index (χ3v) is 10.1. The lowest BCUT2D eigenvalue weighted by Crippen LogP contribution is -2.37. The van der Waals surface area contributed by atoms with E-state index in [1.165, 1.54) is 10.8 Å². The number of rotatable bonds is 6. The van der Waals surface area contributed by atoms with Crippen LogP contribution in [0.1, 0.15) is 77.0 Å². The van der Waals surface area contributed by atoms with Gasteiger partial charge in [-0.2, -0.15) is 0 Å². The number of hydrogen-bond acceptors (Lipinski definition) is 4. The summed E-state index contributed by atoms with van der Waals surface area (Å²) in [6.45, 7) is 22.3. The second-order valence-electron chi connectivity index (χ2n) is 14.2. The largest absolute Gasteiger partial charge is 0.507 e. The van der Waals surface area contributed by atoms with Crippen LogP contribution in [-0.2, 0) is 5.41 Å². The molecule has 4 nitrogen and oxygen atoms in total. The molecule has 0 amide bonds. The Morgan fingerprint density at radius 2 is 1.52 bits per heavy atom. The van der Waals surface area contributed by atoms with Crippen LogP contribution in [0.15, 0.2) is 71.3 Å². The number of oxazole rings is 1. The van der Waals surface area contributed by atoms with Gasteiger partial charge in [-0.05, 0) is 75.9 Å². The molecule has 5 aromatic rings.